The van der Waals surface area contributed by atoms with Crippen LogP contribution in [0.2, 0.25) is 0 Å². The molecule has 0 aliphatic carbocycles. The van der Waals surface area contributed by atoms with Gasteiger partial charge in [-0.2, -0.15) is 0 Å². The van der Waals surface area contributed by atoms with Crippen LogP contribution < -0.4 is 0 Å². The molecule has 0 nitrogen and oxygen atoms in total. The van der Waals surface area contributed by atoms with Crippen molar-refractivity contribution in [3.8, 4) is 33.4 Å². The number of hydrogen-bond donors (Lipinski definition) is 4. The Labute approximate surface area is 270 Å². The predicted molar refractivity (Wildman–Crippen MR) is 190 cm³/mol. The zero-order valence-electron chi connectivity index (χ0n) is 23.1. The molecule has 0 heterocycles. The summed E-state index contributed by atoms with van der Waals surface area (Å²) in [6, 6.07) is 48.9. The molecule has 0 saturated heterocycles. The van der Waals surface area contributed by atoms with Gasteiger partial charge in [0.25, 0.3) is 0 Å². The minimum absolute atomic E-state index is 0.487. The third-order valence-corrected chi connectivity index (χ3v) is 9.67. The summed E-state index contributed by atoms with van der Waals surface area (Å²) < 4.78 is 0. The van der Waals surface area contributed by atoms with Crippen LogP contribution in [-0.2, 0) is 5.41 Å². The van der Waals surface area contributed by atoms with E-state index < -0.39 is 5.41 Å². The molecule has 0 unspecified atom stereocenters. The van der Waals surface area contributed by atoms with Crippen LogP contribution in [0.1, 0.15) is 23.6 Å². The maximum Gasteiger partial charge on any atom is 0.0423 e. The monoisotopic (exact) mass is 614 g/mol. The molecule has 0 aliphatic heterocycles. The van der Waals surface area contributed by atoms with E-state index >= 15 is 0 Å². The second kappa shape index (κ2) is 12.1. The highest BCUT2D eigenvalue weighted by atomic mass is 32.1. The highest BCUT2D eigenvalue weighted by Gasteiger charge is 2.33. The van der Waals surface area contributed by atoms with Crippen molar-refractivity contribution in [1.29, 1.82) is 0 Å². The van der Waals surface area contributed by atoms with Gasteiger partial charge in [0.15, 0.2) is 0 Å². The van der Waals surface area contributed by atoms with E-state index in [9.17, 15) is 0 Å². The van der Waals surface area contributed by atoms with Crippen molar-refractivity contribution in [1.82, 2.24) is 0 Å². The molecule has 0 N–H and O–H groups in total. The van der Waals surface area contributed by atoms with E-state index in [2.05, 4.69) is 104 Å². The first kappa shape index (κ1) is 28.8. The molecule has 0 saturated carbocycles. The van der Waals surface area contributed by atoms with Crippen LogP contribution in [0.25, 0.3) is 33.4 Å². The summed E-state index contributed by atoms with van der Waals surface area (Å²) in [7, 11) is 0. The van der Waals surface area contributed by atoms with Crippen LogP contribution in [0.5, 0.6) is 0 Å². The molecule has 0 fully saturated rings. The smallest absolute Gasteiger partial charge is 0.0423 e. The normalized spacial score (nSPS) is 11.5. The van der Waals surface area contributed by atoms with Gasteiger partial charge in [-0.25, -0.2) is 0 Å². The number of hydrogen-bond acceptors (Lipinski definition) is 4. The molecule has 206 valence electrons. The van der Waals surface area contributed by atoms with E-state index in [-0.39, 0.29) is 0 Å². The van der Waals surface area contributed by atoms with Crippen molar-refractivity contribution in [2.24, 2.45) is 0 Å². The molecule has 0 spiro atoms. The van der Waals surface area contributed by atoms with E-state index in [0.717, 1.165) is 53.0 Å². The lowest BCUT2D eigenvalue weighted by Gasteiger charge is -2.33. The van der Waals surface area contributed by atoms with Crippen LogP contribution in [0, 0.1) is 0 Å². The van der Waals surface area contributed by atoms with Crippen molar-refractivity contribution in [2.75, 3.05) is 0 Å². The zero-order valence-corrected chi connectivity index (χ0v) is 26.6. The Morgan fingerprint density at radius 3 is 1.21 bits per heavy atom. The quantitative estimate of drug-likeness (QED) is 0.104. The van der Waals surface area contributed by atoms with Gasteiger partial charge in [0.1, 0.15) is 0 Å². The van der Waals surface area contributed by atoms with E-state index in [1.54, 1.807) is 0 Å². The summed E-state index contributed by atoms with van der Waals surface area (Å²) in [6.45, 7) is 2.30. The second-order valence-corrected chi connectivity index (χ2v) is 12.5. The lowest BCUT2D eigenvalue weighted by atomic mass is 9.70. The molecule has 0 radical (unpaired) electrons. The standard InChI is InChI=1S/C38H30S4/c1-38(27-17-15-26(16-18-27)25-9-3-2-4-10-25,28-19-21-36(41)32(23-28)30-11-5-7-13-34(30)39)29-20-22-37(42)33(24-29)31-12-6-8-14-35(31)40/h2-24,39-42H,1H3. The molecule has 6 aromatic carbocycles. The van der Waals surface area contributed by atoms with Crippen molar-refractivity contribution in [2.45, 2.75) is 31.9 Å². The molecule has 4 heteroatoms. The third kappa shape index (κ3) is 5.45. The molecule has 0 bridgehead atoms. The van der Waals surface area contributed by atoms with Crippen LogP contribution >= 0.6 is 50.5 Å². The molecular formula is C38H30S4. The minimum Gasteiger partial charge on any atom is -0.143 e. The Bertz CT molecular complexity index is 1780. The first-order valence-corrected chi connectivity index (χ1v) is 15.5. The molecule has 6 aromatic rings. The van der Waals surface area contributed by atoms with Gasteiger partial charge < -0.3 is 0 Å². The van der Waals surface area contributed by atoms with Crippen molar-refractivity contribution >= 4 is 50.5 Å². The third-order valence-electron chi connectivity index (χ3n) is 8.11. The van der Waals surface area contributed by atoms with E-state index in [1.807, 2.05) is 42.5 Å². The molecule has 0 aromatic heterocycles. The Balaban J connectivity index is 1.58. The maximum absolute atomic E-state index is 4.86. The van der Waals surface area contributed by atoms with Gasteiger partial charge in [-0.15, -0.1) is 50.5 Å². The fourth-order valence-corrected chi connectivity index (χ4v) is 6.74. The van der Waals surface area contributed by atoms with Crippen LogP contribution in [-0.4, -0.2) is 0 Å². The van der Waals surface area contributed by atoms with Crippen LogP contribution in [0.4, 0.5) is 0 Å². The second-order valence-electron chi connectivity index (χ2n) is 10.6. The molecule has 0 aliphatic rings. The Kier molecular flexibility index (Phi) is 8.33. The van der Waals surface area contributed by atoms with Gasteiger partial charge in [-0.3, -0.25) is 0 Å². The zero-order chi connectivity index (χ0) is 29.3. The first-order chi connectivity index (χ1) is 20.4. The molecule has 0 amide bonds. The Morgan fingerprint density at radius 2 is 0.738 bits per heavy atom. The van der Waals surface area contributed by atoms with Crippen molar-refractivity contribution < 1.29 is 0 Å². The largest absolute Gasteiger partial charge is 0.143 e. The number of benzene rings is 6. The molecule has 6 rings (SSSR count). The summed E-state index contributed by atoms with van der Waals surface area (Å²) >= 11 is 19.3. The fourth-order valence-electron chi connectivity index (χ4n) is 5.65. The van der Waals surface area contributed by atoms with E-state index in [4.69, 9.17) is 50.5 Å². The maximum atomic E-state index is 4.86. The molecule has 42 heavy (non-hydrogen) atoms. The summed E-state index contributed by atoms with van der Waals surface area (Å²) in [6.07, 6.45) is 0. The van der Waals surface area contributed by atoms with E-state index in [1.165, 1.54) is 16.7 Å². The van der Waals surface area contributed by atoms with Crippen molar-refractivity contribution in [3.63, 3.8) is 0 Å². The van der Waals surface area contributed by atoms with Gasteiger partial charge >= 0.3 is 0 Å². The van der Waals surface area contributed by atoms with Crippen LogP contribution in [0.15, 0.2) is 159 Å². The van der Waals surface area contributed by atoms with Gasteiger partial charge in [0, 0.05) is 25.0 Å². The predicted octanol–water partition coefficient (Wildman–Crippen LogP) is 11.2. The number of rotatable bonds is 6. The van der Waals surface area contributed by atoms with Crippen molar-refractivity contribution in [3.05, 3.63) is 156 Å². The summed E-state index contributed by atoms with van der Waals surface area (Å²) in [5.74, 6) is 0. The van der Waals surface area contributed by atoms with Gasteiger partial charge in [-0.1, -0.05) is 103 Å². The lowest BCUT2D eigenvalue weighted by molar-refractivity contribution is 0.691. The topological polar surface area (TPSA) is 0 Å². The average Bonchev–Trinajstić information content (AvgIpc) is 3.02. The van der Waals surface area contributed by atoms with Gasteiger partial charge in [-0.05, 0) is 93.4 Å². The fraction of sp³-hybridized carbons (Fsp3) is 0.0526. The highest BCUT2D eigenvalue weighted by molar-refractivity contribution is 7.81. The Hall–Kier alpha value is -3.28. The summed E-state index contributed by atoms with van der Waals surface area (Å²) in [5, 5.41) is 0. The Morgan fingerprint density at radius 1 is 0.357 bits per heavy atom. The molecular weight excluding hydrogens is 585 g/mol. The molecule has 0 atom stereocenters. The van der Waals surface area contributed by atoms with Gasteiger partial charge in [0.05, 0.1) is 0 Å². The SMILES string of the molecule is CC(c1ccc(-c2ccccc2)cc1)(c1ccc(S)c(-c2ccccc2S)c1)c1ccc(S)c(-c2ccccc2S)c1. The summed E-state index contributed by atoms with van der Waals surface area (Å²) in [4.78, 5) is 3.67. The number of thiol groups is 4. The minimum atomic E-state index is -0.487. The summed E-state index contributed by atoms with van der Waals surface area (Å²) in [5.41, 5.74) is 9.65. The van der Waals surface area contributed by atoms with E-state index in [0.29, 0.717) is 0 Å². The lowest BCUT2D eigenvalue weighted by Crippen LogP contribution is -2.25. The average molecular weight is 615 g/mol. The van der Waals surface area contributed by atoms with Gasteiger partial charge in [0.2, 0.25) is 0 Å². The first-order valence-electron chi connectivity index (χ1n) is 13.8. The highest BCUT2D eigenvalue weighted by Crippen LogP contribution is 2.45. The van der Waals surface area contributed by atoms with Crippen LogP contribution in [0.3, 0.4) is 0 Å².